The van der Waals surface area contributed by atoms with Crippen LogP contribution in [0, 0.1) is 0 Å². The number of amides is 2. The summed E-state index contributed by atoms with van der Waals surface area (Å²) in [7, 11) is 0.812. The number of carbonyl (C=O) groups is 1. The smallest absolute Gasteiger partial charge is 0.312 e. The Morgan fingerprint density at radius 1 is 1.40 bits per heavy atom. The van der Waals surface area contributed by atoms with Gasteiger partial charge in [-0.2, -0.15) is 0 Å². The SMILES string of the molecule is CCOC([SiH3])(CCCNC(N)=O)OCC. The fourth-order valence-corrected chi connectivity index (χ4v) is 2.35. The van der Waals surface area contributed by atoms with Gasteiger partial charge in [-0.3, -0.25) is 0 Å². The number of hydrogen-bond acceptors (Lipinski definition) is 3. The molecule has 0 aliphatic rings. The van der Waals surface area contributed by atoms with Crippen LogP contribution >= 0.6 is 0 Å². The summed E-state index contributed by atoms with van der Waals surface area (Å²) in [5, 5.41) is 2.55. The van der Waals surface area contributed by atoms with Gasteiger partial charge < -0.3 is 20.5 Å². The van der Waals surface area contributed by atoms with Crippen LogP contribution in [0.3, 0.4) is 0 Å². The van der Waals surface area contributed by atoms with Crippen molar-refractivity contribution in [1.29, 1.82) is 0 Å². The number of nitrogens with one attached hydrogen (secondary N) is 1. The lowest BCUT2D eigenvalue weighted by Crippen LogP contribution is -2.38. The first-order chi connectivity index (χ1) is 7.04. The summed E-state index contributed by atoms with van der Waals surface area (Å²) in [4.78, 5) is 10.4. The quantitative estimate of drug-likeness (QED) is 0.339. The summed E-state index contributed by atoms with van der Waals surface area (Å²) in [6.07, 6.45) is 1.60. The Morgan fingerprint density at radius 3 is 2.33 bits per heavy atom. The summed E-state index contributed by atoms with van der Waals surface area (Å²) in [6, 6.07) is -0.484. The van der Waals surface area contributed by atoms with E-state index in [4.69, 9.17) is 15.2 Å². The van der Waals surface area contributed by atoms with E-state index in [-0.39, 0.29) is 0 Å². The number of primary amides is 1. The van der Waals surface area contributed by atoms with Crippen molar-refractivity contribution in [2.75, 3.05) is 19.8 Å². The first-order valence-corrected chi connectivity index (χ1v) is 6.35. The minimum Gasteiger partial charge on any atom is -0.355 e. The average Bonchev–Trinajstić information content (AvgIpc) is 2.13. The van der Waals surface area contributed by atoms with Gasteiger partial charge in [-0.05, 0) is 26.7 Å². The van der Waals surface area contributed by atoms with Crippen LogP contribution in [0.2, 0.25) is 0 Å². The Labute approximate surface area is 94.1 Å². The number of urea groups is 1. The maximum absolute atomic E-state index is 10.4. The Morgan fingerprint density at radius 2 is 1.93 bits per heavy atom. The lowest BCUT2D eigenvalue weighted by atomic mass is 10.3. The molecule has 0 radical (unpaired) electrons. The maximum atomic E-state index is 10.4. The van der Waals surface area contributed by atoms with Crippen LogP contribution in [0.25, 0.3) is 0 Å². The molecule has 0 fully saturated rings. The molecular formula is C9H22N2O3Si. The number of rotatable bonds is 8. The highest BCUT2D eigenvalue weighted by Crippen LogP contribution is 2.15. The lowest BCUT2D eigenvalue weighted by molar-refractivity contribution is -0.177. The molecule has 0 heterocycles. The highest BCUT2D eigenvalue weighted by molar-refractivity contribution is 6.13. The van der Waals surface area contributed by atoms with Crippen molar-refractivity contribution in [1.82, 2.24) is 5.32 Å². The van der Waals surface area contributed by atoms with Gasteiger partial charge >= 0.3 is 6.03 Å². The number of ether oxygens (including phenoxy) is 2. The maximum Gasteiger partial charge on any atom is 0.312 e. The number of nitrogens with two attached hydrogens (primary N) is 1. The summed E-state index contributed by atoms with van der Waals surface area (Å²) in [6.45, 7) is 5.76. The minimum absolute atomic E-state index is 0.414. The van der Waals surface area contributed by atoms with E-state index in [2.05, 4.69) is 5.32 Å². The van der Waals surface area contributed by atoms with E-state index in [1.165, 1.54) is 0 Å². The zero-order valence-corrected chi connectivity index (χ0v) is 11.8. The molecule has 2 amide bonds. The molecule has 0 unspecified atom stereocenters. The molecule has 0 saturated heterocycles. The van der Waals surface area contributed by atoms with E-state index in [0.29, 0.717) is 19.8 Å². The lowest BCUT2D eigenvalue weighted by Gasteiger charge is -2.29. The Bertz CT molecular complexity index is 184. The van der Waals surface area contributed by atoms with E-state index in [0.717, 1.165) is 23.1 Å². The van der Waals surface area contributed by atoms with Gasteiger partial charge in [0.2, 0.25) is 0 Å². The summed E-state index contributed by atoms with van der Waals surface area (Å²) in [5.74, 6) is 0. The van der Waals surface area contributed by atoms with Gasteiger partial charge in [0, 0.05) is 19.8 Å². The first kappa shape index (κ1) is 14.4. The summed E-state index contributed by atoms with van der Waals surface area (Å²) in [5.41, 5.74) is 4.54. The van der Waals surface area contributed by atoms with Crippen LogP contribution in [0.5, 0.6) is 0 Å². The molecule has 6 heteroatoms. The van der Waals surface area contributed by atoms with Crippen molar-refractivity contribution < 1.29 is 14.3 Å². The van der Waals surface area contributed by atoms with Gasteiger partial charge in [-0.15, -0.1) is 0 Å². The molecule has 0 spiro atoms. The topological polar surface area (TPSA) is 73.6 Å². The molecular weight excluding hydrogens is 212 g/mol. The zero-order chi connectivity index (χ0) is 11.7. The minimum atomic E-state index is -0.484. The second kappa shape index (κ2) is 7.67. The van der Waals surface area contributed by atoms with E-state index in [1.54, 1.807) is 0 Å². The fraction of sp³-hybridized carbons (Fsp3) is 0.889. The Balaban J connectivity index is 3.79. The molecule has 0 atom stereocenters. The molecule has 0 aromatic heterocycles. The van der Waals surface area contributed by atoms with Crippen LogP contribution in [-0.2, 0) is 9.47 Å². The van der Waals surface area contributed by atoms with Crippen molar-refractivity contribution in [3.8, 4) is 0 Å². The normalized spacial score (nSPS) is 11.6. The average molecular weight is 234 g/mol. The molecule has 0 aromatic carbocycles. The Hall–Kier alpha value is -0.593. The monoisotopic (exact) mass is 234 g/mol. The van der Waals surface area contributed by atoms with E-state index in [1.807, 2.05) is 13.8 Å². The van der Waals surface area contributed by atoms with Gasteiger partial charge in [0.25, 0.3) is 0 Å². The van der Waals surface area contributed by atoms with Crippen LogP contribution in [0.15, 0.2) is 0 Å². The van der Waals surface area contributed by atoms with E-state index in [9.17, 15) is 4.79 Å². The largest absolute Gasteiger partial charge is 0.355 e. The molecule has 0 aliphatic heterocycles. The number of hydrogen-bond donors (Lipinski definition) is 2. The standard InChI is InChI=1S/C9H22N2O3Si/c1-3-13-9(15,14-4-2)6-5-7-11-8(10)12/h3-7H2,1-2,15H3,(H3,10,11,12). The molecule has 15 heavy (non-hydrogen) atoms. The van der Waals surface area contributed by atoms with Crippen molar-refractivity contribution in [3.05, 3.63) is 0 Å². The number of carbonyl (C=O) groups excluding carboxylic acids is 1. The zero-order valence-electron chi connectivity index (χ0n) is 9.84. The van der Waals surface area contributed by atoms with Crippen molar-refractivity contribution in [3.63, 3.8) is 0 Å². The predicted molar refractivity (Wildman–Crippen MR) is 62.7 cm³/mol. The Kier molecular flexibility index (Phi) is 7.36. The van der Waals surface area contributed by atoms with Gasteiger partial charge in [-0.25, -0.2) is 4.79 Å². The van der Waals surface area contributed by atoms with Crippen LogP contribution in [0.4, 0.5) is 4.79 Å². The van der Waals surface area contributed by atoms with Crippen molar-refractivity contribution in [2.45, 2.75) is 32.1 Å². The van der Waals surface area contributed by atoms with Crippen LogP contribution in [0.1, 0.15) is 26.7 Å². The third-order valence-corrected chi connectivity index (χ3v) is 3.08. The van der Waals surface area contributed by atoms with Crippen molar-refractivity contribution in [2.24, 2.45) is 5.73 Å². The molecule has 3 N–H and O–H groups in total. The molecule has 0 aliphatic carbocycles. The molecule has 0 rings (SSSR count). The van der Waals surface area contributed by atoms with E-state index >= 15 is 0 Å². The molecule has 0 aromatic rings. The highest BCUT2D eigenvalue weighted by atomic mass is 28.1. The van der Waals surface area contributed by atoms with Gasteiger partial charge in [0.1, 0.15) is 5.41 Å². The van der Waals surface area contributed by atoms with E-state index < -0.39 is 11.4 Å². The molecule has 0 saturated carbocycles. The van der Waals surface area contributed by atoms with Gasteiger partial charge in [0.05, 0.1) is 10.2 Å². The van der Waals surface area contributed by atoms with Crippen LogP contribution < -0.4 is 11.1 Å². The molecule has 90 valence electrons. The molecule has 0 bridgehead atoms. The second-order valence-corrected chi connectivity index (χ2v) is 4.92. The summed E-state index contributed by atoms with van der Waals surface area (Å²) < 4.78 is 11.1. The van der Waals surface area contributed by atoms with Gasteiger partial charge in [0.15, 0.2) is 0 Å². The van der Waals surface area contributed by atoms with Crippen LogP contribution in [-0.4, -0.2) is 41.4 Å². The van der Waals surface area contributed by atoms with Gasteiger partial charge in [-0.1, -0.05) is 0 Å². The predicted octanol–water partition coefficient (Wildman–Crippen LogP) is -0.473. The fourth-order valence-electron chi connectivity index (χ4n) is 1.42. The van der Waals surface area contributed by atoms with Crippen molar-refractivity contribution >= 4 is 16.3 Å². The second-order valence-electron chi connectivity index (χ2n) is 3.39. The summed E-state index contributed by atoms with van der Waals surface area (Å²) >= 11 is 0. The highest BCUT2D eigenvalue weighted by Gasteiger charge is 2.23. The molecule has 5 nitrogen and oxygen atoms in total. The first-order valence-electron chi connectivity index (χ1n) is 5.35. The third kappa shape index (κ3) is 7.35. The third-order valence-electron chi connectivity index (χ3n) is 2.01.